The molecule has 1 fully saturated rings. The Hall–Kier alpha value is -4.71. The minimum absolute atomic E-state index is 0.190. The van der Waals surface area contributed by atoms with E-state index in [4.69, 9.17) is 4.74 Å². The van der Waals surface area contributed by atoms with Crippen LogP contribution in [-0.4, -0.2) is 94.1 Å². The standard InChI is InChI=1S/C39H47F7IN7O7/c1-37(2,3)30(49-36(59)61-23-11-12-23)33(57)52-53(18-24-25(40)16-21(17-26(24)41)27-13-14-54(51-27)34(42)43)19-29(55)28(15-20-7-9-22(47)10-8-20)48-32(56)31(50-35(58)60-6)38(4,5)39(44,45)46/h7-10,13-14,16-17,23,28-31,34,55H,11-12,15,18-19H2,1-6H3,(H,48,56)(H,49,59)(H,50,58)(H,52,57). The largest absolute Gasteiger partial charge is 0.453 e. The number of hydrogen-bond donors (Lipinski definition) is 5. The number of benzene rings is 2. The van der Waals surface area contributed by atoms with Gasteiger partial charge in [0.25, 0.3) is 5.91 Å². The zero-order chi connectivity index (χ0) is 45.6. The highest BCUT2D eigenvalue weighted by Gasteiger charge is 2.56. The summed E-state index contributed by atoms with van der Waals surface area (Å²) in [5, 5.41) is 23.1. The first-order valence-corrected chi connectivity index (χ1v) is 19.9. The van der Waals surface area contributed by atoms with Crippen LogP contribution in [0, 0.1) is 26.0 Å². The summed E-state index contributed by atoms with van der Waals surface area (Å²) < 4.78 is 112. The van der Waals surface area contributed by atoms with Crippen molar-refractivity contribution >= 4 is 46.6 Å². The maximum Gasteiger partial charge on any atom is 0.408 e. The number of aliphatic hydroxyl groups excluding tert-OH is 1. The molecule has 61 heavy (non-hydrogen) atoms. The highest BCUT2D eigenvalue weighted by Crippen LogP contribution is 2.40. The quantitative estimate of drug-likeness (QED) is 0.0585. The number of amides is 4. The number of alkyl carbamates (subject to hydrolysis) is 2. The summed E-state index contributed by atoms with van der Waals surface area (Å²) in [5.41, 5.74) is -2.05. The average Bonchev–Trinajstić information content (AvgIpc) is 3.82. The summed E-state index contributed by atoms with van der Waals surface area (Å²) in [6, 6.07) is 4.20. The number of hydrogen-bond acceptors (Lipinski definition) is 9. The second-order valence-corrected chi connectivity index (χ2v) is 17.3. The third-order valence-electron chi connectivity index (χ3n) is 9.78. The molecule has 0 aliphatic heterocycles. The summed E-state index contributed by atoms with van der Waals surface area (Å²) in [4.78, 5) is 52.6. The number of alkyl halides is 5. The van der Waals surface area contributed by atoms with Crippen molar-refractivity contribution in [2.45, 2.75) is 103 Å². The first-order chi connectivity index (χ1) is 28.3. The van der Waals surface area contributed by atoms with Gasteiger partial charge < -0.3 is 30.5 Å². The molecule has 1 aliphatic carbocycles. The van der Waals surface area contributed by atoms with E-state index in [9.17, 15) is 46.2 Å². The molecule has 4 atom stereocenters. The summed E-state index contributed by atoms with van der Waals surface area (Å²) in [6.07, 6.45) is -7.58. The fourth-order valence-electron chi connectivity index (χ4n) is 5.92. The molecule has 1 aromatic heterocycles. The first kappa shape index (κ1) is 49.0. The molecule has 4 amide bonds. The van der Waals surface area contributed by atoms with Crippen molar-refractivity contribution in [3.63, 3.8) is 0 Å². The molecule has 1 heterocycles. The van der Waals surface area contributed by atoms with Gasteiger partial charge in [-0.05, 0) is 97.0 Å². The molecule has 14 nitrogen and oxygen atoms in total. The fourth-order valence-corrected chi connectivity index (χ4v) is 6.28. The van der Waals surface area contributed by atoms with Crippen LogP contribution in [0.5, 0.6) is 0 Å². The number of rotatable bonds is 17. The van der Waals surface area contributed by atoms with Gasteiger partial charge >= 0.3 is 24.9 Å². The van der Waals surface area contributed by atoms with E-state index in [0.717, 1.165) is 40.1 Å². The number of carbonyl (C=O) groups is 4. The lowest BCUT2D eigenvalue weighted by Gasteiger charge is -2.37. The van der Waals surface area contributed by atoms with E-state index < -0.39 is 102 Å². The van der Waals surface area contributed by atoms with Crippen molar-refractivity contribution in [3.05, 3.63) is 75.0 Å². The van der Waals surface area contributed by atoms with Crippen molar-refractivity contribution in [3.8, 4) is 11.3 Å². The maximum absolute atomic E-state index is 15.8. The minimum atomic E-state index is -5.04. The molecular formula is C39H47F7IN7O7. The maximum atomic E-state index is 15.8. The van der Waals surface area contributed by atoms with E-state index in [-0.39, 0.29) is 28.5 Å². The predicted octanol–water partition coefficient (Wildman–Crippen LogP) is 6.37. The molecule has 5 N–H and O–H groups in total. The summed E-state index contributed by atoms with van der Waals surface area (Å²) in [5.74, 6) is -4.76. The van der Waals surface area contributed by atoms with Gasteiger partial charge in [0, 0.05) is 34.0 Å². The van der Waals surface area contributed by atoms with E-state index in [2.05, 4.69) is 25.9 Å². The lowest BCUT2D eigenvalue weighted by Crippen LogP contribution is -2.63. The molecule has 4 unspecified atom stereocenters. The molecule has 336 valence electrons. The van der Waals surface area contributed by atoms with Crippen molar-refractivity contribution < 1.29 is 64.5 Å². The molecular weight excluding hydrogens is 938 g/mol. The highest BCUT2D eigenvalue weighted by atomic mass is 127. The molecule has 1 aliphatic rings. The van der Waals surface area contributed by atoms with Gasteiger partial charge in [0.15, 0.2) is 0 Å². The van der Waals surface area contributed by atoms with Crippen molar-refractivity contribution in [2.75, 3.05) is 13.7 Å². The Balaban J connectivity index is 1.74. The molecule has 0 bridgehead atoms. The predicted molar refractivity (Wildman–Crippen MR) is 213 cm³/mol. The number of halogens is 8. The molecule has 22 heteroatoms. The number of aromatic nitrogens is 2. The molecule has 0 spiro atoms. The van der Waals surface area contributed by atoms with Gasteiger partial charge in [-0.2, -0.15) is 27.1 Å². The van der Waals surface area contributed by atoms with E-state index >= 15 is 8.78 Å². The Morgan fingerprint density at radius 1 is 0.918 bits per heavy atom. The van der Waals surface area contributed by atoms with Gasteiger partial charge in [-0.25, -0.2) is 28.1 Å². The van der Waals surface area contributed by atoms with Gasteiger partial charge in [0.1, 0.15) is 29.8 Å². The third-order valence-corrected chi connectivity index (χ3v) is 10.5. The fraction of sp³-hybridized carbons (Fsp3) is 0.513. The van der Waals surface area contributed by atoms with Gasteiger partial charge in [-0.3, -0.25) is 15.0 Å². The summed E-state index contributed by atoms with van der Waals surface area (Å²) >= 11 is 2.03. The third kappa shape index (κ3) is 13.4. The van der Waals surface area contributed by atoms with E-state index in [0.29, 0.717) is 32.3 Å². The van der Waals surface area contributed by atoms with E-state index in [1.54, 1.807) is 45.0 Å². The summed E-state index contributed by atoms with van der Waals surface area (Å²) in [6.45, 7) is 1.54. The SMILES string of the molecule is COC(=O)NC(C(=O)NC(Cc1ccc(I)cc1)C(O)CN(Cc1c(F)cc(-c2ccn(C(F)F)n2)cc1F)NC(=O)C(NC(=O)OC1CC1)C(C)(C)C)C(C)(C)C(F)(F)F. The Bertz CT molecular complexity index is 2000. The topological polar surface area (TPSA) is 176 Å². The van der Waals surface area contributed by atoms with Gasteiger partial charge in [0.2, 0.25) is 5.91 Å². The molecule has 0 saturated heterocycles. The van der Waals surface area contributed by atoms with Crippen LogP contribution < -0.4 is 21.4 Å². The van der Waals surface area contributed by atoms with E-state index in [1.807, 2.05) is 27.9 Å². The Labute approximate surface area is 360 Å². The second kappa shape index (κ2) is 20.0. The number of nitrogens with one attached hydrogen (secondary N) is 4. The zero-order valence-corrected chi connectivity index (χ0v) is 36.0. The van der Waals surface area contributed by atoms with Crippen LogP contribution >= 0.6 is 22.6 Å². The Kier molecular flexibility index (Phi) is 16.0. The number of hydrazine groups is 1. The number of methoxy groups -OCH3 is 1. The lowest BCUT2D eigenvalue weighted by atomic mass is 9.82. The van der Waals surface area contributed by atoms with Gasteiger partial charge in [-0.15, -0.1) is 0 Å². The first-order valence-electron chi connectivity index (χ1n) is 18.8. The van der Waals surface area contributed by atoms with Crippen LogP contribution in [0.15, 0.2) is 48.7 Å². The van der Waals surface area contributed by atoms with Crippen LogP contribution in [0.1, 0.15) is 65.1 Å². The Morgan fingerprint density at radius 3 is 2.02 bits per heavy atom. The molecule has 3 aromatic rings. The van der Waals surface area contributed by atoms with Crippen LogP contribution in [0.2, 0.25) is 0 Å². The van der Waals surface area contributed by atoms with Gasteiger partial charge in [0.05, 0.1) is 30.4 Å². The van der Waals surface area contributed by atoms with E-state index in [1.165, 1.54) is 0 Å². The number of aliphatic hydroxyl groups is 1. The molecule has 2 aromatic carbocycles. The van der Waals surface area contributed by atoms with Crippen molar-refractivity contribution in [2.24, 2.45) is 10.8 Å². The Morgan fingerprint density at radius 2 is 1.51 bits per heavy atom. The lowest BCUT2D eigenvalue weighted by molar-refractivity contribution is -0.220. The molecule has 0 radical (unpaired) electrons. The monoisotopic (exact) mass is 985 g/mol. The minimum Gasteiger partial charge on any atom is -0.453 e. The van der Waals surface area contributed by atoms with Crippen LogP contribution in [0.4, 0.5) is 40.3 Å². The summed E-state index contributed by atoms with van der Waals surface area (Å²) in [7, 11) is 0.882. The number of ether oxygens (including phenoxy) is 2. The van der Waals surface area contributed by atoms with Crippen molar-refractivity contribution in [1.29, 1.82) is 0 Å². The van der Waals surface area contributed by atoms with Gasteiger partial charge in [-0.1, -0.05) is 32.9 Å². The van der Waals surface area contributed by atoms with Crippen LogP contribution in [-0.2, 0) is 32.0 Å². The molecule has 1 saturated carbocycles. The van der Waals surface area contributed by atoms with Crippen LogP contribution in [0.3, 0.4) is 0 Å². The number of carbonyl (C=O) groups excluding carboxylic acids is 4. The zero-order valence-electron chi connectivity index (χ0n) is 33.9. The number of nitrogens with zero attached hydrogens (tertiary/aromatic N) is 3. The highest BCUT2D eigenvalue weighted by molar-refractivity contribution is 14.1. The average molecular weight is 986 g/mol. The molecule has 4 rings (SSSR count). The normalized spacial score (nSPS) is 15.4. The van der Waals surface area contributed by atoms with Crippen LogP contribution in [0.25, 0.3) is 11.3 Å². The van der Waals surface area contributed by atoms with Crippen molar-refractivity contribution in [1.82, 2.24) is 36.2 Å². The smallest absolute Gasteiger partial charge is 0.408 e. The second-order valence-electron chi connectivity index (χ2n) is 16.1.